The van der Waals surface area contributed by atoms with Gasteiger partial charge in [0.15, 0.2) is 0 Å². The molecule has 3 N–H and O–H groups in total. The van der Waals surface area contributed by atoms with Crippen LogP contribution in [-0.2, 0) is 6.18 Å². The molecule has 3 heterocycles. The van der Waals surface area contributed by atoms with Crippen LogP contribution >= 0.6 is 0 Å². The third-order valence-corrected chi connectivity index (χ3v) is 4.37. The number of fused-ring (bicyclic) bond motifs is 3. The summed E-state index contributed by atoms with van der Waals surface area (Å²) in [6.45, 7) is 3.13. The monoisotopic (exact) mass is 285 g/mol. The Hall–Kier alpha value is -1.43. The number of alkyl halides is 3. The van der Waals surface area contributed by atoms with Crippen molar-refractivity contribution in [1.29, 1.82) is 0 Å². The summed E-state index contributed by atoms with van der Waals surface area (Å²) in [6.07, 6.45) is -2.16. The first-order valence-electron chi connectivity index (χ1n) is 6.89. The van der Waals surface area contributed by atoms with E-state index < -0.39 is 11.7 Å². The first-order valence-corrected chi connectivity index (χ1v) is 6.89. The number of benzene rings is 1. The Morgan fingerprint density at radius 2 is 1.90 bits per heavy atom. The summed E-state index contributed by atoms with van der Waals surface area (Å²) in [6, 6.07) is 4.31. The number of anilines is 2. The normalized spacial score (nSPS) is 29.4. The Labute approximate surface area is 115 Å². The average molecular weight is 285 g/mol. The molecule has 6 heteroatoms. The van der Waals surface area contributed by atoms with Crippen LogP contribution in [0, 0.1) is 5.92 Å². The summed E-state index contributed by atoms with van der Waals surface area (Å²) >= 11 is 0. The van der Waals surface area contributed by atoms with E-state index in [2.05, 4.69) is 10.2 Å². The Balaban J connectivity index is 1.78. The van der Waals surface area contributed by atoms with Crippen LogP contribution in [0.3, 0.4) is 0 Å². The minimum Gasteiger partial charge on any atom is -0.398 e. The van der Waals surface area contributed by atoms with Crippen molar-refractivity contribution >= 4 is 11.4 Å². The van der Waals surface area contributed by atoms with Gasteiger partial charge in [-0.05, 0) is 50.0 Å². The van der Waals surface area contributed by atoms with Crippen molar-refractivity contribution in [2.45, 2.75) is 25.1 Å². The van der Waals surface area contributed by atoms with E-state index in [0.29, 0.717) is 11.6 Å². The second-order valence-electron chi connectivity index (χ2n) is 5.69. The zero-order valence-electron chi connectivity index (χ0n) is 11.1. The van der Waals surface area contributed by atoms with E-state index >= 15 is 0 Å². The number of hydrogen-bond acceptors (Lipinski definition) is 3. The Morgan fingerprint density at radius 1 is 1.20 bits per heavy atom. The average Bonchev–Trinajstić information content (AvgIpc) is 2.41. The first kappa shape index (κ1) is 13.5. The smallest absolute Gasteiger partial charge is 0.398 e. The van der Waals surface area contributed by atoms with Gasteiger partial charge in [0.05, 0.1) is 5.56 Å². The maximum Gasteiger partial charge on any atom is 0.418 e. The molecule has 1 aromatic carbocycles. The zero-order valence-corrected chi connectivity index (χ0v) is 11.1. The summed E-state index contributed by atoms with van der Waals surface area (Å²) in [7, 11) is 0. The summed E-state index contributed by atoms with van der Waals surface area (Å²) < 4.78 is 38.5. The van der Waals surface area contributed by atoms with Crippen molar-refractivity contribution in [2.24, 2.45) is 5.92 Å². The van der Waals surface area contributed by atoms with Crippen molar-refractivity contribution in [1.82, 2.24) is 4.90 Å². The maximum absolute atomic E-state index is 12.8. The minimum atomic E-state index is -4.41. The van der Waals surface area contributed by atoms with Gasteiger partial charge in [-0.1, -0.05) is 0 Å². The highest BCUT2D eigenvalue weighted by atomic mass is 19.4. The lowest BCUT2D eigenvalue weighted by Gasteiger charge is -2.45. The van der Waals surface area contributed by atoms with Gasteiger partial charge >= 0.3 is 6.18 Å². The van der Waals surface area contributed by atoms with Gasteiger partial charge in [-0.2, -0.15) is 13.2 Å². The molecule has 1 aromatic rings. The molecule has 0 amide bonds. The minimum absolute atomic E-state index is 0.225. The van der Waals surface area contributed by atoms with Crippen LogP contribution in [0.25, 0.3) is 0 Å². The second kappa shape index (κ2) is 4.84. The maximum atomic E-state index is 12.8. The lowest BCUT2D eigenvalue weighted by atomic mass is 9.84. The van der Waals surface area contributed by atoms with E-state index in [4.69, 9.17) is 5.73 Å². The molecule has 3 aliphatic rings. The van der Waals surface area contributed by atoms with Crippen LogP contribution in [0.15, 0.2) is 18.2 Å². The number of halogens is 3. The molecule has 0 radical (unpaired) electrons. The fraction of sp³-hybridized carbons (Fsp3) is 0.571. The molecule has 3 saturated heterocycles. The van der Waals surface area contributed by atoms with E-state index in [9.17, 15) is 13.2 Å². The molecule has 3 fully saturated rings. The Morgan fingerprint density at radius 3 is 2.45 bits per heavy atom. The summed E-state index contributed by atoms with van der Waals surface area (Å²) in [4.78, 5) is 2.36. The fourth-order valence-corrected chi connectivity index (χ4v) is 3.23. The predicted molar refractivity (Wildman–Crippen MR) is 72.4 cm³/mol. The lowest BCUT2D eigenvalue weighted by molar-refractivity contribution is -0.136. The molecule has 2 bridgehead atoms. The van der Waals surface area contributed by atoms with Crippen molar-refractivity contribution in [2.75, 3.05) is 30.7 Å². The number of nitrogens with one attached hydrogen (secondary N) is 1. The van der Waals surface area contributed by atoms with E-state index in [1.165, 1.54) is 6.07 Å². The van der Waals surface area contributed by atoms with Gasteiger partial charge in [-0.3, -0.25) is 0 Å². The van der Waals surface area contributed by atoms with Crippen LogP contribution in [0.1, 0.15) is 18.4 Å². The van der Waals surface area contributed by atoms with Crippen LogP contribution < -0.4 is 11.1 Å². The molecule has 3 aliphatic heterocycles. The molecule has 0 aromatic heterocycles. The van der Waals surface area contributed by atoms with Crippen LogP contribution in [-0.4, -0.2) is 30.6 Å². The molecule has 0 spiro atoms. The molecule has 4 rings (SSSR count). The van der Waals surface area contributed by atoms with Gasteiger partial charge in [-0.25, -0.2) is 0 Å². The molecule has 0 aliphatic carbocycles. The van der Waals surface area contributed by atoms with Gasteiger partial charge in [-0.15, -0.1) is 0 Å². The summed E-state index contributed by atoms with van der Waals surface area (Å²) in [5.41, 5.74) is 4.93. The quantitative estimate of drug-likeness (QED) is 0.821. The zero-order chi connectivity index (χ0) is 14.3. The molecule has 110 valence electrons. The highest BCUT2D eigenvalue weighted by molar-refractivity contribution is 5.58. The van der Waals surface area contributed by atoms with E-state index in [0.717, 1.165) is 38.5 Å². The molecular formula is C14H18F3N3. The van der Waals surface area contributed by atoms with E-state index in [1.807, 2.05) is 0 Å². The van der Waals surface area contributed by atoms with Crippen LogP contribution in [0.2, 0.25) is 0 Å². The van der Waals surface area contributed by atoms with Gasteiger partial charge in [0.25, 0.3) is 0 Å². The molecule has 1 atom stereocenters. The second-order valence-corrected chi connectivity index (χ2v) is 5.69. The number of nitrogens with two attached hydrogens (primary N) is 1. The fourth-order valence-electron chi connectivity index (χ4n) is 3.23. The molecule has 0 saturated carbocycles. The largest absolute Gasteiger partial charge is 0.418 e. The van der Waals surface area contributed by atoms with Crippen molar-refractivity contribution < 1.29 is 13.2 Å². The van der Waals surface area contributed by atoms with Gasteiger partial charge in [0.2, 0.25) is 0 Å². The van der Waals surface area contributed by atoms with Gasteiger partial charge < -0.3 is 16.0 Å². The highest BCUT2D eigenvalue weighted by Crippen LogP contribution is 2.36. The first-order chi connectivity index (χ1) is 9.43. The predicted octanol–water partition coefficient (Wildman–Crippen LogP) is 2.79. The number of nitrogens with zero attached hydrogens (tertiary/aromatic N) is 1. The summed E-state index contributed by atoms with van der Waals surface area (Å²) in [5.74, 6) is 0.562. The van der Waals surface area contributed by atoms with Crippen molar-refractivity contribution in [3.05, 3.63) is 23.8 Å². The molecule has 1 unspecified atom stereocenters. The van der Waals surface area contributed by atoms with E-state index in [-0.39, 0.29) is 11.7 Å². The highest BCUT2D eigenvalue weighted by Gasteiger charge is 2.35. The van der Waals surface area contributed by atoms with Crippen molar-refractivity contribution in [3.63, 3.8) is 0 Å². The topological polar surface area (TPSA) is 41.3 Å². The standard InChI is InChI=1S/C14H18F3N3/c15-14(16,17)11-7-10(1-2-12(11)18)19-13-8-20-5-3-9(13)4-6-20/h1-2,7,9,13,19H,3-6,8,18H2. The molecular weight excluding hydrogens is 267 g/mol. The van der Waals surface area contributed by atoms with Crippen LogP contribution in [0.5, 0.6) is 0 Å². The van der Waals surface area contributed by atoms with E-state index in [1.54, 1.807) is 6.07 Å². The SMILES string of the molecule is Nc1ccc(NC2CN3CCC2CC3)cc1C(F)(F)F. The van der Waals surface area contributed by atoms with Gasteiger partial charge in [0, 0.05) is 24.0 Å². The number of hydrogen-bond donors (Lipinski definition) is 2. The third kappa shape index (κ3) is 2.57. The third-order valence-electron chi connectivity index (χ3n) is 4.37. The Bertz CT molecular complexity index is 493. The number of rotatable bonds is 2. The van der Waals surface area contributed by atoms with Crippen molar-refractivity contribution in [3.8, 4) is 0 Å². The molecule has 3 nitrogen and oxygen atoms in total. The lowest BCUT2D eigenvalue weighted by Crippen LogP contribution is -2.53. The molecule has 20 heavy (non-hydrogen) atoms. The Kier molecular flexibility index (Phi) is 3.28. The van der Waals surface area contributed by atoms with Crippen LogP contribution in [0.4, 0.5) is 24.5 Å². The number of piperidine rings is 3. The van der Waals surface area contributed by atoms with Gasteiger partial charge in [0.1, 0.15) is 0 Å². The summed E-state index contributed by atoms with van der Waals surface area (Å²) in [5, 5.41) is 3.25. The number of nitrogen functional groups attached to an aromatic ring is 1.